The molecule has 1 atom stereocenters. The first-order chi connectivity index (χ1) is 16.5. The van der Waals surface area contributed by atoms with Crippen molar-refractivity contribution in [3.05, 3.63) is 52.2 Å². The minimum absolute atomic E-state index is 0.0901. The molecule has 8 nitrogen and oxygen atoms in total. The monoisotopic (exact) mass is 487 g/mol. The van der Waals surface area contributed by atoms with Crippen LogP contribution >= 0.6 is 11.3 Å². The van der Waals surface area contributed by atoms with E-state index in [9.17, 15) is 14.4 Å². The minimum Gasteiger partial charge on any atom is -0.497 e. The quantitative estimate of drug-likeness (QED) is 0.508. The van der Waals surface area contributed by atoms with E-state index >= 15 is 0 Å². The van der Waals surface area contributed by atoms with Gasteiger partial charge >= 0.3 is 0 Å². The lowest BCUT2D eigenvalue weighted by Gasteiger charge is -2.33. The maximum absolute atomic E-state index is 13.6. The standard InChI is InChI=1S/C25H33N3O5S/c1-32-14-13-28(22(29)17-26-24(30)21-12-7-15-34-21)23(18-8-6-11-20(16-18)33-2)25(31)27-19-9-4-3-5-10-19/h6-8,11-12,15-16,19,23H,3-5,9-10,13-14,17H2,1-2H3,(H,26,30)(H,27,31)/t23-/m1/s1. The van der Waals surface area contributed by atoms with Crippen LogP contribution in [-0.2, 0) is 14.3 Å². The highest BCUT2D eigenvalue weighted by Gasteiger charge is 2.33. The number of hydrogen-bond donors (Lipinski definition) is 2. The smallest absolute Gasteiger partial charge is 0.261 e. The summed E-state index contributed by atoms with van der Waals surface area (Å²) in [6.45, 7) is 0.226. The molecule has 3 rings (SSSR count). The van der Waals surface area contributed by atoms with Gasteiger partial charge < -0.3 is 25.0 Å². The van der Waals surface area contributed by atoms with Gasteiger partial charge in [-0.25, -0.2) is 0 Å². The molecular formula is C25H33N3O5S. The van der Waals surface area contributed by atoms with Crippen molar-refractivity contribution in [3.8, 4) is 5.75 Å². The third kappa shape index (κ3) is 7.04. The third-order valence-electron chi connectivity index (χ3n) is 5.92. The van der Waals surface area contributed by atoms with Crippen LogP contribution in [0.5, 0.6) is 5.75 Å². The van der Waals surface area contributed by atoms with E-state index in [0.717, 1.165) is 25.7 Å². The Hall–Kier alpha value is -2.91. The van der Waals surface area contributed by atoms with Gasteiger partial charge in [-0.2, -0.15) is 0 Å². The second-order valence-electron chi connectivity index (χ2n) is 8.26. The van der Waals surface area contributed by atoms with Crippen molar-refractivity contribution in [2.24, 2.45) is 0 Å². The molecule has 1 aliphatic rings. The number of ether oxygens (including phenoxy) is 2. The maximum atomic E-state index is 13.6. The van der Waals surface area contributed by atoms with Crippen LogP contribution in [-0.4, -0.2) is 62.6 Å². The molecule has 0 spiro atoms. The summed E-state index contributed by atoms with van der Waals surface area (Å²) < 4.78 is 10.6. The Morgan fingerprint density at radius 3 is 2.59 bits per heavy atom. The molecule has 34 heavy (non-hydrogen) atoms. The van der Waals surface area contributed by atoms with Crippen LogP contribution in [0.1, 0.15) is 53.4 Å². The molecule has 0 bridgehead atoms. The van der Waals surface area contributed by atoms with E-state index < -0.39 is 6.04 Å². The topological polar surface area (TPSA) is 97.0 Å². The van der Waals surface area contributed by atoms with E-state index in [1.807, 2.05) is 6.07 Å². The number of thiophene rings is 1. The largest absolute Gasteiger partial charge is 0.497 e. The summed E-state index contributed by atoms with van der Waals surface area (Å²) in [6, 6.07) is 9.86. The normalized spacial score (nSPS) is 14.8. The van der Waals surface area contributed by atoms with Gasteiger partial charge in [0.25, 0.3) is 5.91 Å². The summed E-state index contributed by atoms with van der Waals surface area (Å²) in [5.74, 6) is -0.333. The van der Waals surface area contributed by atoms with Gasteiger partial charge in [-0.1, -0.05) is 37.5 Å². The van der Waals surface area contributed by atoms with Crippen LogP contribution < -0.4 is 15.4 Å². The molecule has 0 aliphatic heterocycles. The van der Waals surface area contributed by atoms with E-state index in [0.29, 0.717) is 16.2 Å². The molecule has 9 heteroatoms. The molecule has 0 saturated heterocycles. The number of carbonyl (C=O) groups excluding carboxylic acids is 3. The van der Waals surface area contributed by atoms with Crippen molar-refractivity contribution in [3.63, 3.8) is 0 Å². The van der Waals surface area contributed by atoms with Crippen LogP contribution in [0.25, 0.3) is 0 Å². The van der Waals surface area contributed by atoms with E-state index in [2.05, 4.69) is 10.6 Å². The summed E-state index contributed by atoms with van der Waals surface area (Å²) in [4.78, 5) is 41.3. The first-order valence-electron chi connectivity index (χ1n) is 11.6. The molecule has 1 fully saturated rings. The lowest BCUT2D eigenvalue weighted by atomic mass is 9.94. The fraction of sp³-hybridized carbons (Fsp3) is 0.480. The van der Waals surface area contributed by atoms with Crippen molar-refractivity contribution < 1.29 is 23.9 Å². The number of methoxy groups -OCH3 is 2. The number of benzene rings is 1. The number of carbonyl (C=O) groups is 3. The van der Waals surface area contributed by atoms with Crippen LogP contribution in [0.15, 0.2) is 41.8 Å². The second kappa shape index (κ2) is 13.1. The molecular weight excluding hydrogens is 454 g/mol. The minimum atomic E-state index is -0.877. The predicted molar refractivity (Wildman–Crippen MR) is 131 cm³/mol. The summed E-state index contributed by atoms with van der Waals surface area (Å²) in [5, 5.41) is 7.63. The lowest BCUT2D eigenvalue weighted by Crippen LogP contribution is -2.50. The summed E-state index contributed by atoms with van der Waals surface area (Å²) in [5.41, 5.74) is 0.640. The third-order valence-corrected chi connectivity index (χ3v) is 6.79. The van der Waals surface area contributed by atoms with Crippen LogP contribution in [0.2, 0.25) is 0 Å². The Bertz CT molecular complexity index is 944. The van der Waals surface area contributed by atoms with E-state index in [4.69, 9.17) is 9.47 Å². The van der Waals surface area contributed by atoms with Gasteiger partial charge in [0.1, 0.15) is 11.8 Å². The van der Waals surface area contributed by atoms with Gasteiger partial charge in [-0.15, -0.1) is 11.3 Å². The Morgan fingerprint density at radius 2 is 1.91 bits per heavy atom. The summed E-state index contributed by atoms with van der Waals surface area (Å²) >= 11 is 1.30. The predicted octanol–water partition coefficient (Wildman–Crippen LogP) is 3.15. The first kappa shape index (κ1) is 25.7. The zero-order valence-corrected chi connectivity index (χ0v) is 20.6. The molecule has 184 valence electrons. The molecule has 3 amide bonds. The number of nitrogens with zero attached hydrogens (tertiary/aromatic N) is 1. The number of hydrogen-bond acceptors (Lipinski definition) is 6. The molecule has 1 heterocycles. The van der Waals surface area contributed by atoms with Gasteiger partial charge in [-0.3, -0.25) is 14.4 Å². The van der Waals surface area contributed by atoms with E-state index in [-0.39, 0.29) is 43.5 Å². The Balaban J connectivity index is 1.84. The zero-order valence-electron chi connectivity index (χ0n) is 19.7. The highest BCUT2D eigenvalue weighted by Crippen LogP contribution is 2.26. The average molecular weight is 488 g/mol. The molecule has 1 aromatic heterocycles. The molecule has 0 unspecified atom stereocenters. The molecule has 2 N–H and O–H groups in total. The fourth-order valence-electron chi connectivity index (χ4n) is 4.15. The van der Waals surface area contributed by atoms with Gasteiger partial charge in [0.05, 0.1) is 25.1 Å². The molecule has 0 radical (unpaired) electrons. The van der Waals surface area contributed by atoms with Crippen molar-refractivity contribution in [1.82, 2.24) is 15.5 Å². The Labute approximate surface area is 204 Å². The van der Waals surface area contributed by atoms with Crippen molar-refractivity contribution >= 4 is 29.1 Å². The highest BCUT2D eigenvalue weighted by atomic mass is 32.1. The molecule has 1 aliphatic carbocycles. The number of amides is 3. The van der Waals surface area contributed by atoms with Gasteiger partial charge in [0, 0.05) is 19.7 Å². The molecule has 1 aromatic carbocycles. The van der Waals surface area contributed by atoms with Crippen molar-refractivity contribution in [1.29, 1.82) is 0 Å². The molecule has 1 saturated carbocycles. The van der Waals surface area contributed by atoms with Crippen LogP contribution in [0, 0.1) is 0 Å². The Morgan fingerprint density at radius 1 is 1.12 bits per heavy atom. The van der Waals surface area contributed by atoms with E-state index in [1.54, 1.807) is 49.9 Å². The SMILES string of the molecule is COCCN(C(=O)CNC(=O)c1cccs1)[C@@H](C(=O)NC1CCCCC1)c1cccc(OC)c1. The summed E-state index contributed by atoms with van der Waals surface area (Å²) in [7, 11) is 3.11. The van der Waals surface area contributed by atoms with Crippen LogP contribution in [0.3, 0.4) is 0 Å². The lowest BCUT2D eigenvalue weighted by molar-refractivity contribution is -0.141. The van der Waals surface area contributed by atoms with Gasteiger partial charge in [-0.05, 0) is 42.0 Å². The first-order valence-corrected chi connectivity index (χ1v) is 12.5. The second-order valence-corrected chi connectivity index (χ2v) is 9.21. The van der Waals surface area contributed by atoms with Gasteiger partial charge in [0.2, 0.25) is 11.8 Å². The molecule has 2 aromatic rings. The average Bonchev–Trinajstić information content (AvgIpc) is 3.40. The van der Waals surface area contributed by atoms with Crippen molar-refractivity contribution in [2.45, 2.75) is 44.2 Å². The van der Waals surface area contributed by atoms with Crippen LogP contribution in [0.4, 0.5) is 0 Å². The number of rotatable bonds is 11. The number of nitrogens with one attached hydrogen (secondary N) is 2. The van der Waals surface area contributed by atoms with E-state index in [1.165, 1.54) is 22.7 Å². The summed E-state index contributed by atoms with van der Waals surface area (Å²) in [6.07, 6.45) is 5.19. The fourth-order valence-corrected chi connectivity index (χ4v) is 4.79. The zero-order chi connectivity index (χ0) is 24.3. The van der Waals surface area contributed by atoms with Gasteiger partial charge in [0.15, 0.2) is 0 Å². The van der Waals surface area contributed by atoms with Crippen molar-refractivity contribution in [2.75, 3.05) is 33.9 Å². The highest BCUT2D eigenvalue weighted by molar-refractivity contribution is 7.12. The Kier molecular flexibility index (Phi) is 9.90. The maximum Gasteiger partial charge on any atom is 0.261 e.